The van der Waals surface area contributed by atoms with Gasteiger partial charge in [0.05, 0.1) is 24.7 Å². The number of rotatable bonds is 6. The normalized spacial score (nSPS) is 22.2. The standard InChI is InChI=1S/C16H16O8/c17-12(18)5-6-13(19)24-11-7-10(15(20)21)14(16(22)23)9-4-2-1-3-8(9)11/h1-4,10-11,14H,5-7H2,(H,17,18)(H,20,21)(H,22,23). The summed E-state index contributed by atoms with van der Waals surface area (Å²) in [5.74, 6) is -6.93. The molecule has 1 aliphatic carbocycles. The molecule has 1 aliphatic rings. The number of carbonyl (C=O) groups is 4. The van der Waals surface area contributed by atoms with E-state index in [0.717, 1.165) is 0 Å². The maximum Gasteiger partial charge on any atom is 0.311 e. The maximum atomic E-state index is 11.8. The Morgan fingerprint density at radius 3 is 2.12 bits per heavy atom. The summed E-state index contributed by atoms with van der Waals surface area (Å²) in [6, 6.07) is 6.30. The molecule has 0 fully saturated rings. The molecule has 0 amide bonds. The fraction of sp³-hybridized carbons (Fsp3) is 0.375. The molecule has 0 saturated carbocycles. The second-order valence-electron chi connectivity index (χ2n) is 5.50. The van der Waals surface area contributed by atoms with E-state index in [-0.39, 0.29) is 12.8 Å². The van der Waals surface area contributed by atoms with Crippen LogP contribution >= 0.6 is 0 Å². The first-order chi connectivity index (χ1) is 11.3. The second-order valence-corrected chi connectivity index (χ2v) is 5.50. The van der Waals surface area contributed by atoms with Crippen molar-refractivity contribution >= 4 is 23.9 Å². The van der Waals surface area contributed by atoms with Gasteiger partial charge in [0.2, 0.25) is 0 Å². The topological polar surface area (TPSA) is 138 Å². The van der Waals surface area contributed by atoms with Crippen molar-refractivity contribution in [3.05, 3.63) is 35.4 Å². The highest BCUT2D eigenvalue weighted by Crippen LogP contribution is 2.43. The van der Waals surface area contributed by atoms with Crippen LogP contribution in [0.25, 0.3) is 0 Å². The Bertz CT molecular complexity index is 680. The molecule has 0 bridgehead atoms. The fourth-order valence-electron chi connectivity index (χ4n) is 2.88. The van der Waals surface area contributed by atoms with Gasteiger partial charge >= 0.3 is 23.9 Å². The summed E-state index contributed by atoms with van der Waals surface area (Å²) in [4.78, 5) is 45.2. The van der Waals surface area contributed by atoms with Crippen molar-refractivity contribution in [3.8, 4) is 0 Å². The molecule has 0 aliphatic heterocycles. The average Bonchev–Trinajstić information content (AvgIpc) is 2.52. The predicted molar refractivity (Wildman–Crippen MR) is 78.3 cm³/mol. The molecule has 1 aromatic carbocycles. The molecule has 128 valence electrons. The SMILES string of the molecule is O=C(O)CCC(=O)OC1CC(C(=O)O)C(C(=O)O)c2ccccc21. The summed E-state index contributed by atoms with van der Waals surface area (Å²) < 4.78 is 5.22. The molecule has 3 N–H and O–H groups in total. The Kier molecular flexibility index (Phi) is 5.18. The molecule has 8 nitrogen and oxygen atoms in total. The van der Waals surface area contributed by atoms with Gasteiger partial charge in [-0.15, -0.1) is 0 Å². The van der Waals surface area contributed by atoms with Crippen LogP contribution in [0.1, 0.15) is 42.4 Å². The van der Waals surface area contributed by atoms with Gasteiger partial charge in [0.1, 0.15) is 6.10 Å². The molecule has 0 aromatic heterocycles. The van der Waals surface area contributed by atoms with Crippen molar-refractivity contribution in [1.82, 2.24) is 0 Å². The number of fused-ring (bicyclic) bond motifs is 1. The van der Waals surface area contributed by atoms with Crippen molar-refractivity contribution in [2.24, 2.45) is 5.92 Å². The van der Waals surface area contributed by atoms with Crippen molar-refractivity contribution in [2.45, 2.75) is 31.3 Å². The van der Waals surface area contributed by atoms with Crippen LogP contribution in [-0.4, -0.2) is 39.2 Å². The number of carboxylic acids is 3. The van der Waals surface area contributed by atoms with Gasteiger partial charge in [-0.3, -0.25) is 19.2 Å². The Hall–Kier alpha value is -2.90. The van der Waals surface area contributed by atoms with Gasteiger partial charge in [-0.25, -0.2) is 0 Å². The van der Waals surface area contributed by atoms with Crippen LogP contribution in [-0.2, 0) is 23.9 Å². The molecule has 1 aromatic rings. The molecule has 8 heteroatoms. The van der Waals surface area contributed by atoms with Crippen molar-refractivity contribution in [1.29, 1.82) is 0 Å². The van der Waals surface area contributed by atoms with Crippen LogP contribution in [0.5, 0.6) is 0 Å². The van der Waals surface area contributed by atoms with E-state index in [4.69, 9.17) is 9.84 Å². The molecule has 0 heterocycles. The third-order valence-corrected chi connectivity index (χ3v) is 3.95. The van der Waals surface area contributed by atoms with Gasteiger partial charge in [-0.2, -0.15) is 0 Å². The lowest BCUT2D eigenvalue weighted by Gasteiger charge is -2.33. The van der Waals surface area contributed by atoms with Crippen LogP contribution in [0.15, 0.2) is 24.3 Å². The zero-order valence-electron chi connectivity index (χ0n) is 12.5. The van der Waals surface area contributed by atoms with E-state index in [1.54, 1.807) is 18.2 Å². The zero-order chi connectivity index (χ0) is 17.9. The van der Waals surface area contributed by atoms with E-state index in [1.165, 1.54) is 6.07 Å². The summed E-state index contributed by atoms with van der Waals surface area (Å²) in [6.45, 7) is 0. The van der Waals surface area contributed by atoms with E-state index in [2.05, 4.69) is 0 Å². The largest absolute Gasteiger partial charge is 0.481 e. The Balaban J connectivity index is 2.30. The van der Waals surface area contributed by atoms with E-state index >= 15 is 0 Å². The molecule has 0 radical (unpaired) electrons. The van der Waals surface area contributed by atoms with Gasteiger partial charge in [-0.05, 0) is 11.1 Å². The number of carbonyl (C=O) groups excluding carboxylic acids is 1. The number of benzene rings is 1. The second kappa shape index (κ2) is 7.12. The van der Waals surface area contributed by atoms with E-state index in [1.807, 2.05) is 0 Å². The number of hydrogen-bond acceptors (Lipinski definition) is 5. The number of aliphatic carboxylic acids is 3. The monoisotopic (exact) mass is 336 g/mol. The molecule has 0 saturated heterocycles. The fourth-order valence-corrected chi connectivity index (χ4v) is 2.88. The predicted octanol–water partition coefficient (Wildman–Crippen LogP) is 1.41. The summed E-state index contributed by atoms with van der Waals surface area (Å²) in [7, 11) is 0. The lowest BCUT2D eigenvalue weighted by molar-refractivity contribution is -0.159. The number of ether oxygens (including phenoxy) is 1. The minimum Gasteiger partial charge on any atom is -0.481 e. The number of hydrogen-bond donors (Lipinski definition) is 3. The first-order valence-corrected chi connectivity index (χ1v) is 7.27. The summed E-state index contributed by atoms with van der Waals surface area (Å²) in [5.41, 5.74) is 0.728. The van der Waals surface area contributed by atoms with Crippen molar-refractivity contribution < 1.29 is 39.2 Å². The van der Waals surface area contributed by atoms with E-state index in [0.29, 0.717) is 11.1 Å². The van der Waals surface area contributed by atoms with Gasteiger partial charge in [0, 0.05) is 6.42 Å². The first-order valence-electron chi connectivity index (χ1n) is 7.27. The van der Waals surface area contributed by atoms with Crippen molar-refractivity contribution in [3.63, 3.8) is 0 Å². The molecular formula is C16H16O8. The Morgan fingerprint density at radius 1 is 0.958 bits per heavy atom. The van der Waals surface area contributed by atoms with Gasteiger partial charge < -0.3 is 20.1 Å². The minimum atomic E-state index is -1.29. The lowest BCUT2D eigenvalue weighted by atomic mass is 9.73. The lowest BCUT2D eigenvalue weighted by Crippen LogP contribution is -2.35. The van der Waals surface area contributed by atoms with Crippen LogP contribution in [0.2, 0.25) is 0 Å². The van der Waals surface area contributed by atoms with Crippen LogP contribution < -0.4 is 0 Å². The minimum absolute atomic E-state index is 0.178. The third-order valence-electron chi connectivity index (χ3n) is 3.95. The van der Waals surface area contributed by atoms with Crippen molar-refractivity contribution in [2.75, 3.05) is 0 Å². The maximum absolute atomic E-state index is 11.8. The molecule has 2 rings (SSSR count). The van der Waals surface area contributed by atoms with Gasteiger partial charge in [0.15, 0.2) is 0 Å². The average molecular weight is 336 g/mol. The summed E-state index contributed by atoms with van der Waals surface area (Å²) in [6.07, 6.45) is -1.83. The molecule has 24 heavy (non-hydrogen) atoms. The van der Waals surface area contributed by atoms with E-state index in [9.17, 15) is 29.4 Å². The highest BCUT2D eigenvalue weighted by Gasteiger charge is 2.44. The zero-order valence-corrected chi connectivity index (χ0v) is 12.5. The Morgan fingerprint density at radius 2 is 1.58 bits per heavy atom. The molecule has 0 spiro atoms. The van der Waals surface area contributed by atoms with Crippen LogP contribution in [0.3, 0.4) is 0 Å². The van der Waals surface area contributed by atoms with Gasteiger partial charge in [0.25, 0.3) is 0 Å². The quantitative estimate of drug-likeness (QED) is 0.663. The summed E-state index contributed by atoms with van der Waals surface area (Å²) in [5, 5.41) is 27.3. The number of carboxylic acid groups (broad SMARTS) is 3. The Labute approximate surface area is 136 Å². The highest BCUT2D eigenvalue weighted by atomic mass is 16.5. The number of esters is 1. The smallest absolute Gasteiger partial charge is 0.311 e. The first kappa shape index (κ1) is 17.5. The van der Waals surface area contributed by atoms with E-state index < -0.39 is 48.2 Å². The molecule has 3 unspecified atom stereocenters. The van der Waals surface area contributed by atoms with Crippen LogP contribution in [0.4, 0.5) is 0 Å². The third kappa shape index (κ3) is 3.70. The van der Waals surface area contributed by atoms with Gasteiger partial charge in [-0.1, -0.05) is 24.3 Å². The molecule has 3 atom stereocenters. The highest BCUT2D eigenvalue weighted by molar-refractivity contribution is 5.86. The summed E-state index contributed by atoms with van der Waals surface area (Å²) >= 11 is 0. The van der Waals surface area contributed by atoms with Crippen LogP contribution in [0, 0.1) is 5.92 Å². The molecular weight excluding hydrogens is 320 g/mol.